The van der Waals surface area contributed by atoms with Crippen molar-refractivity contribution in [1.29, 1.82) is 0 Å². The number of nitrogens with one attached hydrogen (secondary N) is 1. The van der Waals surface area contributed by atoms with Gasteiger partial charge in [0.05, 0.1) is 19.1 Å². The monoisotopic (exact) mass is 235 g/mol. The standard InChI is InChI=1S/C13H17NO3/c1-14-12-9-16-8-11(12)13(15)17-7-10-5-3-2-4-6-10/h2-6,11-12,14H,7-9H2,1H3. The number of benzene rings is 1. The number of carbonyl (C=O) groups excluding carboxylic acids is 1. The summed E-state index contributed by atoms with van der Waals surface area (Å²) in [5, 5.41) is 3.07. The molecule has 1 fully saturated rings. The van der Waals surface area contributed by atoms with Gasteiger partial charge in [-0.2, -0.15) is 0 Å². The highest BCUT2D eigenvalue weighted by atomic mass is 16.5. The van der Waals surface area contributed by atoms with Crippen LogP contribution in [0.15, 0.2) is 30.3 Å². The second-order valence-corrected chi connectivity index (χ2v) is 4.13. The van der Waals surface area contributed by atoms with Gasteiger partial charge in [-0.25, -0.2) is 0 Å². The molecule has 0 spiro atoms. The molecule has 1 aliphatic rings. The molecule has 0 saturated carbocycles. The number of esters is 1. The Labute approximate surface area is 101 Å². The van der Waals surface area contributed by atoms with Gasteiger partial charge < -0.3 is 14.8 Å². The third-order valence-corrected chi connectivity index (χ3v) is 2.98. The summed E-state index contributed by atoms with van der Waals surface area (Å²) in [6.07, 6.45) is 0. The Balaban J connectivity index is 1.85. The van der Waals surface area contributed by atoms with Gasteiger partial charge in [0, 0.05) is 6.04 Å². The fourth-order valence-corrected chi connectivity index (χ4v) is 1.91. The van der Waals surface area contributed by atoms with Gasteiger partial charge in [0.15, 0.2) is 0 Å². The molecule has 2 rings (SSSR count). The molecule has 1 heterocycles. The van der Waals surface area contributed by atoms with E-state index in [4.69, 9.17) is 9.47 Å². The topological polar surface area (TPSA) is 47.6 Å². The molecule has 0 bridgehead atoms. The van der Waals surface area contributed by atoms with Crippen molar-refractivity contribution in [3.63, 3.8) is 0 Å². The van der Waals surface area contributed by atoms with E-state index in [1.165, 1.54) is 0 Å². The lowest BCUT2D eigenvalue weighted by molar-refractivity contribution is -0.150. The summed E-state index contributed by atoms with van der Waals surface area (Å²) in [6, 6.07) is 9.74. The molecule has 1 aliphatic heterocycles. The maximum absolute atomic E-state index is 11.8. The third-order valence-electron chi connectivity index (χ3n) is 2.98. The Morgan fingerprint density at radius 3 is 2.88 bits per heavy atom. The maximum atomic E-state index is 11.8. The first kappa shape index (κ1) is 12.1. The summed E-state index contributed by atoms with van der Waals surface area (Å²) in [6.45, 7) is 1.34. The van der Waals surface area contributed by atoms with E-state index in [-0.39, 0.29) is 17.9 Å². The molecule has 2 atom stereocenters. The number of likely N-dealkylation sites (N-methyl/N-ethyl adjacent to an activating group) is 1. The van der Waals surface area contributed by atoms with Crippen LogP contribution in [0.3, 0.4) is 0 Å². The predicted octanol–water partition coefficient (Wildman–Crippen LogP) is 0.964. The zero-order valence-corrected chi connectivity index (χ0v) is 9.89. The number of carbonyl (C=O) groups is 1. The first-order valence-electron chi connectivity index (χ1n) is 5.77. The number of ether oxygens (including phenoxy) is 2. The van der Waals surface area contributed by atoms with Crippen LogP contribution in [0.1, 0.15) is 5.56 Å². The summed E-state index contributed by atoms with van der Waals surface area (Å²) in [4.78, 5) is 11.8. The van der Waals surface area contributed by atoms with Crippen LogP contribution in [0.4, 0.5) is 0 Å². The fourth-order valence-electron chi connectivity index (χ4n) is 1.91. The Morgan fingerprint density at radius 2 is 2.18 bits per heavy atom. The van der Waals surface area contributed by atoms with Crippen LogP contribution in [-0.4, -0.2) is 32.3 Å². The lowest BCUT2D eigenvalue weighted by Gasteiger charge is -2.15. The second kappa shape index (κ2) is 5.80. The Bertz CT molecular complexity index is 366. The zero-order valence-electron chi connectivity index (χ0n) is 9.89. The Hall–Kier alpha value is -1.39. The number of hydrogen-bond donors (Lipinski definition) is 1. The van der Waals surface area contributed by atoms with E-state index < -0.39 is 0 Å². The van der Waals surface area contributed by atoms with Crippen molar-refractivity contribution in [3.05, 3.63) is 35.9 Å². The Kier molecular flexibility index (Phi) is 4.12. The van der Waals surface area contributed by atoms with Crippen molar-refractivity contribution in [2.24, 2.45) is 5.92 Å². The highest BCUT2D eigenvalue weighted by Crippen LogP contribution is 2.16. The van der Waals surface area contributed by atoms with Crippen LogP contribution in [0.2, 0.25) is 0 Å². The van der Waals surface area contributed by atoms with Crippen LogP contribution in [-0.2, 0) is 20.9 Å². The average molecular weight is 235 g/mol. The van der Waals surface area contributed by atoms with Crippen LogP contribution < -0.4 is 5.32 Å². The van der Waals surface area contributed by atoms with E-state index in [9.17, 15) is 4.79 Å². The summed E-state index contributed by atoms with van der Waals surface area (Å²) in [5.41, 5.74) is 1.00. The van der Waals surface area contributed by atoms with Crippen LogP contribution >= 0.6 is 0 Å². The molecule has 1 N–H and O–H groups in total. The van der Waals surface area contributed by atoms with Gasteiger partial charge >= 0.3 is 5.97 Å². The van der Waals surface area contributed by atoms with Crippen LogP contribution in [0, 0.1) is 5.92 Å². The molecular formula is C13H17NO3. The second-order valence-electron chi connectivity index (χ2n) is 4.13. The maximum Gasteiger partial charge on any atom is 0.313 e. The van der Waals surface area contributed by atoms with Gasteiger partial charge in [-0.1, -0.05) is 30.3 Å². The molecule has 0 amide bonds. The van der Waals surface area contributed by atoms with Crippen LogP contribution in [0.5, 0.6) is 0 Å². The molecular weight excluding hydrogens is 218 g/mol. The van der Waals surface area contributed by atoms with Crippen molar-refractivity contribution in [3.8, 4) is 0 Å². The van der Waals surface area contributed by atoms with Crippen molar-refractivity contribution in [2.45, 2.75) is 12.6 Å². The van der Waals surface area contributed by atoms with E-state index in [1.807, 2.05) is 37.4 Å². The largest absolute Gasteiger partial charge is 0.460 e. The molecule has 17 heavy (non-hydrogen) atoms. The minimum atomic E-state index is -0.191. The van der Waals surface area contributed by atoms with Crippen molar-refractivity contribution >= 4 is 5.97 Å². The van der Waals surface area contributed by atoms with E-state index in [2.05, 4.69) is 5.32 Å². The minimum absolute atomic E-state index is 0.0678. The zero-order chi connectivity index (χ0) is 12.1. The SMILES string of the molecule is CNC1COCC1C(=O)OCc1ccccc1. The average Bonchev–Trinajstić information content (AvgIpc) is 2.85. The molecule has 2 unspecified atom stereocenters. The van der Waals surface area contributed by atoms with Gasteiger partial charge in [-0.15, -0.1) is 0 Å². The molecule has 1 aromatic carbocycles. The van der Waals surface area contributed by atoms with Gasteiger partial charge in [-0.05, 0) is 12.6 Å². The van der Waals surface area contributed by atoms with E-state index in [0.717, 1.165) is 5.56 Å². The molecule has 92 valence electrons. The minimum Gasteiger partial charge on any atom is -0.460 e. The first-order chi connectivity index (χ1) is 8.31. The highest BCUT2D eigenvalue weighted by Gasteiger charge is 2.34. The molecule has 1 aromatic rings. The summed E-state index contributed by atoms with van der Waals surface area (Å²) < 4.78 is 10.6. The molecule has 0 aliphatic carbocycles. The van der Waals surface area contributed by atoms with Crippen LogP contribution in [0.25, 0.3) is 0 Å². The molecule has 1 saturated heterocycles. The third kappa shape index (κ3) is 3.05. The molecule has 4 heteroatoms. The summed E-state index contributed by atoms with van der Waals surface area (Å²) in [7, 11) is 1.83. The lowest BCUT2D eigenvalue weighted by atomic mass is 10.0. The summed E-state index contributed by atoms with van der Waals surface area (Å²) >= 11 is 0. The van der Waals surface area contributed by atoms with E-state index in [0.29, 0.717) is 19.8 Å². The summed E-state index contributed by atoms with van der Waals surface area (Å²) in [5.74, 6) is -0.380. The van der Waals surface area contributed by atoms with Gasteiger partial charge in [0.2, 0.25) is 0 Å². The van der Waals surface area contributed by atoms with Gasteiger partial charge in [-0.3, -0.25) is 4.79 Å². The molecule has 0 radical (unpaired) electrons. The molecule has 4 nitrogen and oxygen atoms in total. The van der Waals surface area contributed by atoms with Gasteiger partial charge in [0.1, 0.15) is 6.61 Å². The van der Waals surface area contributed by atoms with Crippen molar-refractivity contribution < 1.29 is 14.3 Å². The first-order valence-corrected chi connectivity index (χ1v) is 5.77. The normalized spacial score (nSPS) is 23.6. The predicted molar refractivity (Wildman–Crippen MR) is 63.4 cm³/mol. The van der Waals surface area contributed by atoms with E-state index >= 15 is 0 Å². The van der Waals surface area contributed by atoms with Crippen molar-refractivity contribution in [1.82, 2.24) is 5.32 Å². The van der Waals surface area contributed by atoms with E-state index in [1.54, 1.807) is 0 Å². The lowest BCUT2D eigenvalue weighted by Crippen LogP contribution is -2.37. The molecule has 0 aromatic heterocycles. The fraction of sp³-hybridized carbons (Fsp3) is 0.462. The smallest absolute Gasteiger partial charge is 0.313 e. The van der Waals surface area contributed by atoms with Gasteiger partial charge in [0.25, 0.3) is 0 Å². The number of rotatable bonds is 4. The Morgan fingerprint density at radius 1 is 1.41 bits per heavy atom. The quantitative estimate of drug-likeness (QED) is 0.790. The number of hydrogen-bond acceptors (Lipinski definition) is 4. The highest BCUT2D eigenvalue weighted by molar-refractivity contribution is 5.73. The van der Waals surface area contributed by atoms with Crippen molar-refractivity contribution in [2.75, 3.05) is 20.3 Å².